The first-order chi connectivity index (χ1) is 9.72. The van der Waals surface area contributed by atoms with Gasteiger partial charge in [-0.15, -0.1) is 11.3 Å². The molecule has 1 aromatic heterocycles. The van der Waals surface area contributed by atoms with Crippen LogP contribution in [0.1, 0.15) is 20.8 Å². The van der Waals surface area contributed by atoms with Gasteiger partial charge >= 0.3 is 0 Å². The van der Waals surface area contributed by atoms with Crippen LogP contribution < -0.4 is 11.1 Å². The molecule has 1 heterocycles. The summed E-state index contributed by atoms with van der Waals surface area (Å²) in [5.74, 6) is 4.97. The second kappa shape index (κ2) is 6.85. The third kappa shape index (κ3) is 3.44. The van der Waals surface area contributed by atoms with Gasteiger partial charge in [0.2, 0.25) is 0 Å². The van der Waals surface area contributed by atoms with E-state index in [4.69, 9.17) is 5.73 Å². The highest BCUT2D eigenvalue weighted by molar-refractivity contribution is 7.12. The number of benzene rings is 1. The molecule has 1 amide bonds. The van der Waals surface area contributed by atoms with E-state index in [1.807, 2.05) is 0 Å². The van der Waals surface area contributed by atoms with Crippen LogP contribution in [-0.2, 0) is 6.54 Å². The van der Waals surface area contributed by atoms with Gasteiger partial charge in [0.25, 0.3) is 5.91 Å². The highest BCUT2D eigenvalue weighted by atomic mass is 32.1. The van der Waals surface area contributed by atoms with Crippen LogP contribution in [0.25, 0.3) is 0 Å². The molecule has 0 fully saturated rings. The largest absolute Gasteiger partial charge is 0.347 e. The third-order valence-corrected chi connectivity index (χ3v) is 3.51. The predicted octanol–water partition coefficient (Wildman–Crippen LogP) is 2.13. The number of carbonyl (C=O) groups is 1. The van der Waals surface area contributed by atoms with Crippen LogP contribution in [0.2, 0.25) is 0 Å². The van der Waals surface area contributed by atoms with Gasteiger partial charge in [0, 0.05) is 17.7 Å². The fourth-order valence-electron chi connectivity index (χ4n) is 1.63. The Kier molecular flexibility index (Phi) is 4.88. The topological polar surface area (TPSA) is 55.1 Å². The minimum absolute atomic E-state index is 0.146. The third-order valence-electron chi connectivity index (χ3n) is 2.59. The molecule has 0 aliphatic rings. The molecule has 0 atom stereocenters. The van der Waals surface area contributed by atoms with Crippen LogP contribution in [0, 0.1) is 17.7 Å². The van der Waals surface area contributed by atoms with E-state index in [1.54, 1.807) is 29.6 Å². The summed E-state index contributed by atoms with van der Waals surface area (Å²) in [5.41, 5.74) is 6.41. The van der Waals surface area contributed by atoms with Gasteiger partial charge in [0.05, 0.1) is 6.54 Å². The van der Waals surface area contributed by atoms with Crippen molar-refractivity contribution in [1.29, 1.82) is 0 Å². The minimum atomic E-state index is -0.331. The molecule has 20 heavy (non-hydrogen) atoms. The van der Waals surface area contributed by atoms with Gasteiger partial charge in [-0.1, -0.05) is 30.0 Å². The lowest BCUT2D eigenvalue weighted by Crippen LogP contribution is -2.23. The SMILES string of the molecule is NCC#Cc1ccsc1C(=O)NCc1ccccc1F. The Hall–Kier alpha value is -2.16. The lowest BCUT2D eigenvalue weighted by molar-refractivity contribution is 0.0954. The van der Waals surface area contributed by atoms with Crippen LogP contribution in [0.15, 0.2) is 35.7 Å². The molecule has 2 rings (SSSR count). The maximum Gasteiger partial charge on any atom is 0.262 e. The van der Waals surface area contributed by atoms with E-state index in [2.05, 4.69) is 17.2 Å². The first kappa shape index (κ1) is 14.3. The van der Waals surface area contributed by atoms with Gasteiger partial charge in [-0.3, -0.25) is 4.79 Å². The zero-order chi connectivity index (χ0) is 14.4. The molecule has 0 radical (unpaired) electrons. The van der Waals surface area contributed by atoms with Crippen molar-refractivity contribution in [1.82, 2.24) is 5.32 Å². The van der Waals surface area contributed by atoms with Crippen molar-refractivity contribution in [2.75, 3.05) is 6.54 Å². The summed E-state index contributed by atoms with van der Waals surface area (Å²) in [7, 11) is 0. The molecular weight excluding hydrogens is 275 g/mol. The lowest BCUT2D eigenvalue weighted by atomic mass is 10.2. The van der Waals surface area contributed by atoms with Crippen molar-refractivity contribution < 1.29 is 9.18 Å². The Morgan fingerprint density at radius 1 is 1.35 bits per heavy atom. The number of hydrogen-bond donors (Lipinski definition) is 2. The number of nitrogens with one attached hydrogen (secondary N) is 1. The molecule has 3 nitrogen and oxygen atoms in total. The van der Waals surface area contributed by atoms with Crippen molar-refractivity contribution in [3.05, 3.63) is 57.5 Å². The number of amides is 1. The second-order valence-electron chi connectivity index (χ2n) is 3.94. The van der Waals surface area contributed by atoms with Gasteiger partial charge in [-0.25, -0.2) is 4.39 Å². The maximum atomic E-state index is 13.4. The molecule has 2 aromatic rings. The van der Waals surface area contributed by atoms with Crippen molar-refractivity contribution in [3.8, 4) is 11.8 Å². The van der Waals surface area contributed by atoms with Crippen molar-refractivity contribution in [2.24, 2.45) is 5.73 Å². The summed E-state index contributed by atoms with van der Waals surface area (Å²) < 4.78 is 13.4. The smallest absolute Gasteiger partial charge is 0.262 e. The Morgan fingerprint density at radius 3 is 2.90 bits per heavy atom. The zero-order valence-corrected chi connectivity index (χ0v) is 11.5. The van der Waals surface area contributed by atoms with Crippen LogP contribution in [0.3, 0.4) is 0 Å². The quantitative estimate of drug-likeness (QED) is 0.850. The van der Waals surface area contributed by atoms with Gasteiger partial charge in [-0.05, 0) is 17.5 Å². The fraction of sp³-hybridized carbons (Fsp3) is 0.133. The molecule has 5 heteroatoms. The van der Waals surface area contributed by atoms with E-state index in [0.29, 0.717) is 16.0 Å². The molecule has 0 unspecified atom stereocenters. The number of halogens is 1. The summed E-state index contributed by atoms with van der Waals surface area (Å²) in [6.45, 7) is 0.388. The highest BCUT2D eigenvalue weighted by Crippen LogP contribution is 2.16. The van der Waals surface area contributed by atoms with Crippen LogP contribution in [0.5, 0.6) is 0 Å². The normalized spacial score (nSPS) is 9.70. The van der Waals surface area contributed by atoms with E-state index >= 15 is 0 Å². The summed E-state index contributed by atoms with van der Waals surface area (Å²) in [6.07, 6.45) is 0. The molecule has 0 spiro atoms. The molecule has 0 bridgehead atoms. The summed E-state index contributed by atoms with van der Waals surface area (Å²) >= 11 is 1.30. The Labute approximate surface area is 120 Å². The van der Waals surface area contributed by atoms with E-state index in [1.165, 1.54) is 17.4 Å². The summed E-state index contributed by atoms with van der Waals surface area (Å²) in [6, 6.07) is 8.11. The van der Waals surface area contributed by atoms with E-state index in [-0.39, 0.29) is 24.8 Å². The van der Waals surface area contributed by atoms with Gasteiger partial charge in [0.15, 0.2) is 0 Å². The summed E-state index contributed by atoms with van der Waals surface area (Å²) in [4.78, 5) is 12.6. The molecular formula is C15H13FN2OS. The van der Waals surface area contributed by atoms with Gasteiger partial charge < -0.3 is 11.1 Å². The first-order valence-corrected chi connectivity index (χ1v) is 6.88. The number of nitrogens with two attached hydrogens (primary N) is 1. The first-order valence-electron chi connectivity index (χ1n) is 6.00. The molecule has 0 saturated heterocycles. The van der Waals surface area contributed by atoms with Crippen molar-refractivity contribution in [3.63, 3.8) is 0 Å². The minimum Gasteiger partial charge on any atom is -0.347 e. The van der Waals surface area contributed by atoms with Crippen molar-refractivity contribution in [2.45, 2.75) is 6.54 Å². The van der Waals surface area contributed by atoms with Gasteiger partial charge in [-0.2, -0.15) is 0 Å². The molecule has 0 saturated carbocycles. The molecule has 1 aromatic carbocycles. The highest BCUT2D eigenvalue weighted by Gasteiger charge is 2.12. The second-order valence-corrected chi connectivity index (χ2v) is 4.86. The van der Waals surface area contributed by atoms with E-state index in [0.717, 1.165) is 0 Å². The average Bonchev–Trinajstić information content (AvgIpc) is 2.92. The number of hydrogen-bond acceptors (Lipinski definition) is 3. The summed E-state index contributed by atoms with van der Waals surface area (Å²) in [5, 5.41) is 4.48. The molecule has 102 valence electrons. The maximum absolute atomic E-state index is 13.4. The van der Waals surface area contributed by atoms with Crippen molar-refractivity contribution >= 4 is 17.2 Å². The molecule has 0 aliphatic carbocycles. The number of rotatable bonds is 3. The molecule has 3 N–H and O–H groups in total. The standard InChI is InChI=1S/C15H13FN2OS/c16-13-6-2-1-4-12(13)10-18-15(19)14-11(5-3-8-17)7-9-20-14/h1-2,4,6-7,9H,8,10,17H2,(H,18,19). The molecule has 0 aliphatic heterocycles. The zero-order valence-electron chi connectivity index (χ0n) is 10.7. The Morgan fingerprint density at radius 2 is 2.15 bits per heavy atom. The number of thiophene rings is 1. The van der Waals surface area contributed by atoms with Crippen LogP contribution in [-0.4, -0.2) is 12.5 Å². The van der Waals surface area contributed by atoms with Crippen LogP contribution in [0.4, 0.5) is 4.39 Å². The Balaban J connectivity index is 2.06. The lowest BCUT2D eigenvalue weighted by Gasteiger charge is -2.05. The average molecular weight is 288 g/mol. The predicted molar refractivity (Wildman–Crippen MR) is 77.8 cm³/mol. The fourth-order valence-corrected chi connectivity index (χ4v) is 2.39. The monoisotopic (exact) mass is 288 g/mol. The van der Waals surface area contributed by atoms with Crippen LogP contribution >= 0.6 is 11.3 Å². The Bertz CT molecular complexity index is 670. The van der Waals surface area contributed by atoms with Gasteiger partial charge in [0.1, 0.15) is 10.7 Å². The van der Waals surface area contributed by atoms with E-state index < -0.39 is 0 Å². The van der Waals surface area contributed by atoms with E-state index in [9.17, 15) is 9.18 Å². The number of carbonyl (C=O) groups excluding carboxylic acids is 1.